The van der Waals surface area contributed by atoms with E-state index in [9.17, 15) is 4.79 Å². The van der Waals surface area contributed by atoms with Gasteiger partial charge in [-0.15, -0.1) is 0 Å². The molecule has 2 heterocycles. The van der Waals surface area contributed by atoms with Crippen LogP contribution in [0.2, 0.25) is 0 Å². The van der Waals surface area contributed by atoms with E-state index >= 15 is 0 Å². The largest absolute Gasteiger partial charge is 0.459 e. The van der Waals surface area contributed by atoms with Crippen LogP contribution in [-0.2, 0) is 6.54 Å². The lowest BCUT2D eigenvalue weighted by Gasteiger charge is -2.05. The molecule has 0 spiro atoms. The molecule has 0 saturated heterocycles. The Kier molecular flexibility index (Phi) is 3.33. The standard InChI is InChI=1S/C15H13N3O2/c19-15(14-3-1-10-20-14)17-13-6-4-12(5-7-13)11-18-9-2-8-16-18/h1-10H,11H2,(H,17,19). The fourth-order valence-corrected chi connectivity index (χ4v) is 1.87. The number of rotatable bonds is 4. The normalized spacial score (nSPS) is 10.4. The van der Waals surface area contributed by atoms with E-state index in [1.54, 1.807) is 18.3 Å². The molecule has 0 radical (unpaired) electrons. The maximum absolute atomic E-state index is 11.8. The number of furan rings is 1. The van der Waals surface area contributed by atoms with E-state index in [1.165, 1.54) is 6.26 Å². The Balaban J connectivity index is 1.65. The molecule has 20 heavy (non-hydrogen) atoms. The molecule has 0 saturated carbocycles. The molecule has 3 aromatic rings. The Labute approximate surface area is 115 Å². The van der Waals surface area contributed by atoms with Crippen LogP contribution in [0, 0.1) is 0 Å². The minimum Gasteiger partial charge on any atom is -0.459 e. The Bertz CT molecular complexity index is 671. The number of hydrogen-bond donors (Lipinski definition) is 1. The molecule has 1 aromatic carbocycles. The van der Waals surface area contributed by atoms with Crippen molar-refractivity contribution in [1.82, 2.24) is 9.78 Å². The number of amides is 1. The zero-order valence-corrected chi connectivity index (χ0v) is 10.7. The van der Waals surface area contributed by atoms with E-state index in [4.69, 9.17) is 4.42 Å². The van der Waals surface area contributed by atoms with Crippen molar-refractivity contribution in [3.05, 3.63) is 72.4 Å². The van der Waals surface area contributed by atoms with Gasteiger partial charge in [0, 0.05) is 18.1 Å². The van der Waals surface area contributed by atoms with Gasteiger partial charge < -0.3 is 9.73 Å². The Morgan fingerprint density at radius 1 is 1.20 bits per heavy atom. The first kappa shape index (κ1) is 12.2. The summed E-state index contributed by atoms with van der Waals surface area (Å²) in [5.74, 6) is 0.0421. The minimum atomic E-state index is -0.255. The van der Waals surface area contributed by atoms with Gasteiger partial charge in [0.15, 0.2) is 5.76 Å². The van der Waals surface area contributed by atoms with Gasteiger partial charge in [0.2, 0.25) is 0 Å². The number of benzene rings is 1. The van der Waals surface area contributed by atoms with Crippen LogP contribution in [0.3, 0.4) is 0 Å². The quantitative estimate of drug-likeness (QED) is 0.790. The van der Waals surface area contributed by atoms with Crippen molar-refractivity contribution in [2.24, 2.45) is 0 Å². The van der Waals surface area contributed by atoms with Crippen molar-refractivity contribution in [2.75, 3.05) is 5.32 Å². The van der Waals surface area contributed by atoms with Crippen LogP contribution in [0.25, 0.3) is 0 Å². The summed E-state index contributed by atoms with van der Waals surface area (Å²) in [5.41, 5.74) is 1.85. The first-order valence-electron chi connectivity index (χ1n) is 6.22. The third-order valence-corrected chi connectivity index (χ3v) is 2.86. The lowest BCUT2D eigenvalue weighted by atomic mass is 10.2. The second-order valence-electron chi connectivity index (χ2n) is 4.33. The molecule has 0 aliphatic heterocycles. The zero-order chi connectivity index (χ0) is 13.8. The van der Waals surface area contributed by atoms with Gasteiger partial charge >= 0.3 is 0 Å². The predicted molar refractivity (Wildman–Crippen MR) is 74.4 cm³/mol. The van der Waals surface area contributed by atoms with Gasteiger partial charge in [-0.05, 0) is 35.9 Å². The summed E-state index contributed by atoms with van der Waals surface area (Å²) in [4.78, 5) is 11.8. The Morgan fingerprint density at radius 3 is 2.70 bits per heavy atom. The van der Waals surface area contributed by atoms with Crippen LogP contribution in [0.15, 0.2) is 65.5 Å². The van der Waals surface area contributed by atoms with E-state index in [0.29, 0.717) is 12.3 Å². The predicted octanol–water partition coefficient (Wildman–Crippen LogP) is 2.78. The number of nitrogens with one attached hydrogen (secondary N) is 1. The van der Waals surface area contributed by atoms with Crippen molar-refractivity contribution in [3.63, 3.8) is 0 Å². The Hall–Kier alpha value is -2.82. The van der Waals surface area contributed by atoms with Gasteiger partial charge in [-0.1, -0.05) is 12.1 Å². The summed E-state index contributed by atoms with van der Waals surface area (Å²) in [6.45, 7) is 0.708. The van der Waals surface area contributed by atoms with Crippen LogP contribution in [0.4, 0.5) is 5.69 Å². The van der Waals surface area contributed by atoms with Crippen molar-refractivity contribution >= 4 is 11.6 Å². The first-order chi connectivity index (χ1) is 9.81. The SMILES string of the molecule is O=C(Nc1ccc(Cn2cccn2)cc1)c1ccco1. The highest BCUT2D eigenvalue weighted by atomic mass is 16.3. The van der Waals surface area contributed by atoms with Gasteiger partial charge in [-0.3, -0.25) is 9.48 Å². The average molecular weight is 267 g/mol. The topological polar surface area (TPSA) is 60.1 Å². The van der Waals surface area contributed by atoms with Gasteiger partial charge in [0.25, 0.3) is 5.91 Å². The van der Waals surface area contributed by atoms with E-state index in [-0.39, 0.29) is 5.91 Å². The molecule has 3 rings (SSSR count). The number of carbonyl (C=O) groups excluding carboxylic acids is 1. The van der Waals surface area contributed by atoms with Crippen LogP contribution < -0.4 is 5.32 Å². The molecule has 0 bridgehead atoms. The number of aromatic nitrogens is 2. The molecular weight excluding hydrogens is 254 g/mol. The molecule has 5 nitrogen and oxygen atoms in total. The van der Waals surface area contributed by atoms with Gasteiger partial charge in [0.05, 0.1) is 12.8 Å². The molecule has 1 amide bonds. The molecule has 1 N–H and O–H groups in total. The van der Waals surface area contributed by atoms with E-state index in [0.717, 1.165) is 11.3 Å². The van der Waals surface area contributed by atoms with Crippen LogP contribution in [-0.4, -0.2) is 15.7 Å². The molecular formula is C15H13N3O2. The second-order valence-corrected chi connectivity index (χ2v) is 4.33. The summed E-state index contributed by atoms with van der Waals surface area (Å²) in [7, 11) is 0. The highest BCUT2D eigenvalue weighted by Crippen LogP contribution is 2.12. The van der Waals surface area contributed by atoms with Crippen LogP contribution in [0.5, 0.6) is 0 Å². The third-order valence-electron chi connectivity index (χ3n) is 2.86. The number of nitrogens with zero attached hydrogens (tertiary/aromatic N) is 2. The minimum absolute atomic E-state index is 0.255. The van der Waals surface area contributed by atoms with Gasteiger partial charge in [-0.25, -0.2) is 0 Å². The molecule has 0 atom stereocenters. The van der Waals surface area contributed by atoms with Crippen molar-refractivity contribution in [2.45, 2.75) is 6.54 Å². The number of anilines is 1. The molecule has 0 fully saturated rings. The van der Waals surface area contributed by atoms with E-state index in [2.05, 4.69) is 10.4 Å². The lowest BCUT2D eigenvalue weighted by Crippen LogP contribution is -2.10. The zero-order valence-electron chi connectivity index (χ0n) is 10.7. The van der Waals surface area contributed by atoms with Gasteiger partial charge in [0.1, 0.15) is 0 Å². The highest BCUT2D eigenvalue weighted by Gasteiger charge is 2.08. The fraction of sp³-hybridized carbons (Fsp3) is 0.0667. The fourth-order valence-electron chi connectivity index (χ4n) is 1.87. The summed E-state index contributed by atoms with van der Waals surface area (Å²) in [5, 5.41) is 6.93. The molecule has 100 valence electrons. The number of carbonyl (C=O) groups is 1. The summed E-state index contributed by atoms with van der Waals surface area (Å²) >= 11 is 0. The van der Waals surface area contributed by atoms with Crippen molar-refractivity contribution < 1.29 is 9.21 Å². The summed E-state index contributed by atoms with van der Waals surface area (Å²) < 4.78 is 6.88. The third kappa shape index (κ3) is 2.77. The van der Waals surface area contributed by atoms with Crippen molar-refractivity contribution in [3.8, 4) is 0 Å². The molecule has 5 heteroatoms. The highest BCUT2D eigenvalue weighted by molar-refractivity contribution is 6.02. The monoisotopic (exact) mass is 267 g/mol. The summed E-state index contributed by atoms with van der Waals surface area (Å²) in [6.07, 6.45) is 5.13. The summed E-state index contributed by atoms with van der Waals surface area (Å²) in [6, 6.07) is 12.8. The first-order valence-corrected chi connectivity index (χ1v) is 6.22. The molecule has 2 aromatic heterocycles. The van der Waals surface area contributed by atoms with Crippen LogP contribution >= 0.6 is 0 Å². The lowest BCUT2D eigenvalue weighted by molar-refractivity contribution is 0.0996. The average Bonchev–Trinajstić information content (AvgIpc) is 3.13. The van der Waals surface area contributed by atoms with Gasteiger partial charge in [-0.2, -0.15) is 5.10 Å². The van der Waals surface area contributed by atoms with Crippen LogP contribution in [0.1, 0.15) is 16.1 Å². The molecule has 0 aliphatic carbocycles. The molecule has 0 unspecified atom stereocenters. The van der Waals surface area contributed by atoms with E-state index in [1.807, 2.05) is 41.2 Å². The maximum Gasteiger partial charge on any atom is 0.291 e. The maximum atomic E-state index is 11.8. The van der Waals surface area contributed by atoms with E-state index < -0.39 is 0 Å². The second kappa shape index (κ2) is 5.44. The molecule has 0 aliphatic rings. The van der Waals surface area contributed by atoms with Crippen molar-refractivity contribution in [1.29, 1.82) is 0 Å². The number of hydrogen-bond acceptors (Lipinski definition) is 3. The Morgan fingerprint density at radius 2 is 2.05 bits per heavy atom. The smallest absolute Gasteiger partial charge is 0.291 e.